The van der Waals surface area contributed by atoms with E-state index in [0.29, 0.717) is 0 Å². The van der Waals surface area contributed by atoms with Crippen LogP contribution >= 0.6 is 0 Å². The lowest BCUT2D eigenvalue weighted by atomic mass is 9.80. The van der Waals surface area contributed by atoms with E-state index in [0.717, 1.165) is 13.1 Å². The van der Waals surface area contributed by atoms with Crippen molar-refractivity contribution in [2.24, 2.45) is 0 Å². The number of hydrogen-bond donors (Lipinski definition) is 0. The molecule has 0 aliphatic carbocycles. The van der Waals surface area contributed by atoms with Crippen molar-refractivity contribution in [3.8, 4) is 0 Å². The van der Waals surface area contributed by atoms with Crippen molar-refractivity contribution in [1.82, 2.24) is 0 Å². The Morgan fingerprint density at radius 3 is 1.27 bits per heavy atom. The van der Waals surface area contributed by atoms with E-state index in [1.54, 1.807) is 0 Å². The van der Waals surface area contributed by atoms with Crippen LogP contribution in [-0.4, -0.2) is 24.0 Å². The van der Waals surface area contributed by atoms with E-state index in [4.69, 9.17) is 0 Å². The van der Waals surface area contributed by atoms with Crippen LogP contribution < -0.4 is 4.90 Å². The van der Waals surface area contributed by atoms with E-state index >= 15 is 0 Å². The zero-order chi connectivity index (χ0) is 25.0. The predicted molar refractivity (Wildman–Crippen MR) is 146 cm³/mol. The number of rotatable bonds is 2. The Balaban J connectivity index is 2.08. The summed E-state index contributed by atoms with van der Waals surface area (Å²) in [7, 11) is 0. The lowest BCUT2D eigenvalue weighted by molar-refractivity contribution is -0.424. The Hall–Kier alpha value is -2.09. The highest BCUT2D eigenvalue weighted by atomic mass is 15.3. The maximum atomic E-state index is 2.44. The highest BCUT2D eigenvalue weighted by molar-refractivity contribution is 5.79. The summed E-state index contributed by atoms with van der Waals surface area (Å²) in [5, 5.41) is 0. The van der Waals surface area contributed by atoms with Gasteiger partial charge in [-0.2, -0.15) is 0 Å². The second kappa shape index (κ2) is 8.29. The third-order valence-electron chi connectivity index (χ3n) is 6.82. The third-order valence-corrected chi connectivity index (χ3v) is 6.82. The van der Waals surface area contributed by atoms with Gasteiger partial charge in [-0.15, -0.1) is 0 Å². The molecule has 0 aromatic heterocycles. The van der Waals surface area contributed by atoms with Gasteiger partial charge < -0.3 is 0 Å². The zero-order valence-electron chi connectivity index (χ0n) is 23.4. The van der Waals surface area contributed by atoms with Gasteiger partial charge in [-0.25, -0.2) is 9.48 Å². The van der Waals surface area contributed by atoms with Crippen LogP contribution in [0.15, 0.2) is 36.4 Å². The SMILES string of the molecule is CC(C)(C)c1cc(N2C=[N+](c3cc(C(C)(C)C)cc(C(C)(C)C)c3)CC2)cc(C(C)(C)C)c1. The Labute approximate surface area is 203 Å². The average molecular weight is 448 g/mol. The molecular weight excluding hydrogens is 400 g/mol. The van der Waals surface area contributed by atoms with Gasteiger partial charge in [-0.3, -0.25) is 0 Å². The van der Waals surface area contributed by atoms with Crippen molar-refractivity contribution in [3.63, 3.8) is 0 Å². The summed E-state index contributed by atoms with van der Waals surface area (Å²) in [6.45, 7) is 29.7. The van der Waals surface area contributed by atoms with Crippen molar-refractivity contribution < 1.29 is 4.58 Å². The molecule has 33 heavy (non-hydrogen) atoms. The van der Waals surface area contributed by atoms with E-state index in [9.17, 15) is 0 Å². The first-order chi connectivity index (χ1) is 14.9. The van der Waals surface area contributed by atoms with Crippen LogP contribution in [0.1, 0.15) is 105 Å². The van der Waals surface area contributed by atoms with E-state index in [-0.39, 0.29) is 21.7 Å². The number of hydrogen-bond acceptors (Lipinski definition) is 1. The summed E-state index contributed by atoms with van der Waals surface area (Å²) >= 11 is 0. The zero-order valence-corrected chi connectivity index (χ0v) is 23.4. The Bertz CT molecular complexity index is 980. The number of nitrogens with zero attached hydrogens (tertiary/aromatic N) is 2. The van der Waals surface area contributed by atoms with Gasteiger partial charge >= 0.3 is 0 Å². The number of benzene rings is 2. The summed E-state index contributed by atoms with van der Waals surface area (Å²) in [6, 6.07) is 14.4. The van der Waals surface area contributed by atoms with E-state index < -0.39 is 0 Å². The summed E-state index contributed by atoms with van der Waals surface area (Å²) in [4.78, 5) is 2.44. The molecular formula is C31H47N2+. The molecule has 1 aliphatic heterocycles. The first kappa shape index (κ1) is 25.5. The fourth-order valence-electron chi connectivity index (χ4n) is 4.18. The minimum atomic E-state index is 0.123. The van der Waals surface area contributed by atoms with Crippen LogP contribution in [0.4, 0.5) is 11.4 Å². The van der Waals surface area contributed by atoms with Gasteiger partial charge in [0.25, 0.3) is 0 Å². The first-order valence-electron chi connectivity index (χ1n) is 12.6. The molecule has 180 valence electrons. The highest BCUT2D eigenvalue weighted by Crippen LogP contribution is 2.35. The van der Waals surface area contributed by atoms with Gasteiger partial charge in [0.1, 0.15) is 24.5 Å². The molecule has 0 bridgehead atoms. The molecule has 1 heterocycles. The monoisotopic (exact) mass is 447 g/mol. The molecule has 1 aliphatic rings. The fourth-order valence-corrected chi connectivity index (χ4v) is 4.18. The molecule has 3 rings (SSSR count). The molecule has 0 unspecified atom stereocenters. The molecule has 0 saturated carbocycles. The maximum Gasteiger partial charge on any atom is 0.244 e. The van der Waals surface area contributed by atoms with Crippen molar-refractivity contribution >= 4 is 17.7 Å². The molecule has 0 fully saturated rings. The van der Waals surface area contributed by atoms with Crippen molar-refractivity contribution in [2.75, 3.05) is 18.0 Å². The maximum absolute atomic E-state index is 2.44. The molecule has 0 amide bonds. The Morgan fingerprint density at radius 1 is 0.545 bits per heavy atom. The van der Waals surface area contributed by atoms with Crippen molar-refractivity contribution in [3.05, 3.63) is 58.7 Å². The largest absolute Gasteiger partial charge is 0.244 e. The van der Waals surface area contributed by atoms with E-state index in [1.807, 2.05) is 0 Å². The first-order valence-corrected chi connectivity index (χ1v) is 12.6. The molecule has 2 aromatic carbocycles. The van der Waals surface area contributed by atoms with E-state index in [2.05, 4.69) is 135 Å². The Morgan fingerprint density at radius 2 is 0.909 bits per heavy atom. The van der Waals surface area contributed by atoms with Gasteiger partial charge in [0.15, 0.2) is 0 Å². The molecule has 2 nitrogen and oxygen atoms in total. The molecule has 0 spiro atoms. The van der Waals surface area contributed by atoms with Crippen LogP contribution in [0.5, 0.6) is 0 Å². The van der Waals surface area contributed by atoms with Gasteiger partial charge in [-0.1, -0.05) is 95.2 Å². The van der Waals surface area contributed by atoms with Gasteiger partial charge in [-0.05, 0) is 68.2 Å². The summed E-state index contributed by atoms with van der Waals surface area (Å²) in [5.74, 6) is 0. The molecule has 0 saturated heterocycles. The van der Waals surface area contributed by atoms with Crippen LogP contribution in [0, 0.1) is 0 Å². The molecule has 0 N–H and O–H groups in total. The lowest BCUT2D eigenvalue weighted by Gasteiger charge is -2.26. The second-order valence-electron chi connectivity index (χ2n) is 14.0. The average Bonchev–Trinajstić information content (AvgIpc) is 3.15. The van der Waals surface area contributed by atoms with Crippen LogP contribution in [0.25, 0.3) is 0 Å². The molecule has 0 radical (unpaired) electrons. The smallest absolute Gasteiger partial charge is 0.230 e. The summed E-state index contributed by atoms with van der Waals surface area (Å²) in [6.07, 6.45) is 2.32. The minimum Gasteiger partial charge on any atom is -0.230 e. The third kappa shape index (κ3) is 5.89. The quantitative estimate of drug-likeness (QED) is 0.422. The van der Waals surface area contributed by atoms with Crippen LogP contribution in [0.3, 0.4) is 0 Å². The van der Waals surface area contributed by atoms with Gasteiger partial charge in [0.05, 0.1) is 0 Å². The lowest BCUT2D eigenvalue weighted by Crippen LogP contribution is -2.22. The second-order valence-corrected chi connectivity index (χ2v) is 14.0. The van der Waals surface area contributed by atoms with Crippen LogP contribution in [0.2, 0.25) is 0 Å². The highest BCUT2D eigenvalue weighted by Gasteiger charge is 2.29. The summed E-state index contributed by atoms with van der Waals surface area (Å²) in [5.41, 5.74) is 8.72. The Kier molecular flexibility index (Phi) is 6.41. The molecule has 2 heteroatoms. The fraction of sp³-hybridized carbons (Fsp3) is 0.581. The van der Waals surface area contributed by atoms with Gasteiger partial charge in [0.2, 0.25) is 6.34 Å². The normalized spacial score (nSPS) is 15.8. The number of anilines is 1. The summed E-state index contributed by atoms with van der Waals surface area (Å²) < 4.78 is 2.44. The van der Waals surface area contributed by atoms with Crippen molar-refractivity contribution in [2.45, 2.75) is 105 Å². The minimum absolute atomic E-state index is 0.123. The van der Waals surface area contributed by atoms with Crippen molar-refractivity contribution in [1.29, 1.82) is 0 Å². The topological polar surface area (TPSA) is 6.25 Å². The van der Waals surface area contributed by atoms with Gasteiger partial charge in [0, 0.05) is 0 Å². The molecule has 0 atom stereocenters. The molecule has 2 aromatic rings. The predicted octanol–water partition coefficient (Wildman–Crippen LogP) is 8.07. The van der Waals surface area contributed by atoms with Crippen LogP contribution in [-0.2, 0) is 21.7 Å². The standard InChI is InChI=1S/C31H47N2/c1-28(2,3)22-15-23(29(4,5)6)18-26(17-22)32-13-14-33(21-32)27-19-24(30(7,8)9)16-25(20-27)31(10,11)12/h15-21H,13-14H2,1-12H3/q+1. The van der Waals surface area contributed by atoms with E-state index in [1.165, 1.54) is 33.6 Å².